The molecule has 2 N–H and O–H groups in total. The Kier molecular flexibility index (Phi) is 7.29. The summed E-state index contributed by atoms with van der Waals surface area (Å²) in [6.45, 7) is 3.13. The van der Waals surface area contributed by atoms with Crippen molar-refractivity contribution >= 4 is 11.9 Å². The number of hydrogen-bond acceptors (Lipinski definition) is 2. The van der Waals surface area contributed by atoms with E-state index in [1.807, 2.05) is 25.2 Å². The van der Waals surface area contributed by atoms with E-state index < -0.39 is 0 Å². The fourth-order valence-corrected chi connectivity index (χ4v) is 3.24. The van der Waals surface area contributed by atoms with Gasteiger partial charge in [0.05, 0.1) is 0 Å². The third kappa shape index (κ3) is 6.07. The predicted octanol–water partition coefficient (Wildman–Crippen LogP) is 2.67. The topological polar surface area (TPSA) is 56.7 Å². The van der Waals surface area contributed by atoms with E-state index >= 15 is 0 Å². The molecule has 1 aliphatic carbocycles. The lowest BCUT2D eigenvalue weighted by molar-refractivity contribution is 0.0827. The largest absolute Gasteiger partial charge is 0.356 e. The zero-order chi connectivity index (χ0) is 18.2. The van der Waals surface area contributed by atoms with Gasteiger partial charge in [-0.3, -0.25) is 9.79 Å². The molecule has 1 saturated carbocycles. The van der Waals surface area contributed by atoms with E-state index in [4.69, 9.17) is 0 Å². The van der Waals surface area contributed by atoms with Gasteiger partial charge in [-0.1, -0.05) is 19.1 Å². The maximum absolute atomic E-state index is 12.1. The van der Waals surface area contributed by atoms with Crippen LogP contribution in [0.25, 0.3) is 0 Å². The van der Waals surface area contributed by atoms with Crippen LogP contribution in [0.1, 0.15) is 48.5 Å². The second-order valence-electron chi connectivity index (χ2n) is 7.25. The average molecular weight is 345 g/mol. The summed E-state index contributed by atoms with van der Waals surface area (Å²) in [6, 6.07) is 8.38. The van der Waals surface area contributed by atoms with Crippen LogP contribution in [-0.2, 0) is 6.42 Å². The Hall–Kier alpha value is -2.04. The first-order valence-electron chi connectivity index (χ1n) is 9.27. The number of carbonyl (C=O) groups excluding carboxylic acids is 1. The fourth-order valence-electron chi connectivity index (χ4n) is 3.24. The Morgan fingerprint density at radius 3 is 2.60 bits per heavy atom. The minimum atomic E-state index is 0.0406. The lowest BCUT2D eigenvalue weighted by atomic mass is 9.87. The number of guanidine groups is 1. The second-order valence-corrected chi connectivity index (χ2v) is 7.25. The highest BCUT2D eigenvalue weighted by Gasteiger charge is 2.18. The first-order chi connectivity index (χ1) is 12.0. The third-order valence-electron chi connectivity index (χ3n) is 4.87. The van der Waals surface area contributed by atoms with Crippen LogP contribution in [0, 0.1) is 5.92 Å². The van der Waals surface area contributed by atoms with Crippen molar-refractivity contribution in [1.29, 1.82) is 0 Å². The Morgan fingerprint density at radius 2 is 1.96 bits per heavy atom. The van der Waals surface area contributed by atoms with Crippen LogP contribution in [0.4, 0.5) is 0 Å². The number of hydrogen-bond donors (Lipinski definition) is 2. The molecule has 0 heterocycles. The first kappa shape index (κ1) is 19.3. The lowest BCUT2D eigenvalue weighted by Crippen LogP contribution is -2.45. The molecule has 0 aliphatic heterocycles. The monoisotopic (exact) mass is 344 g/mol. The van der Waals surface area contributed by atoms with E-state index in [-0.39, 0.29) is 5.91 Å². The van der Waals surface area contributed by atoms with Gasteiger partial charge in [-0.05, 0) is 55.7 Å². The minimum Gasteiger partial charge on any atom is -0.356 e. The van der Waals surface area contributed by atoms with Crippen molar-refractivity contribution in [3.05, 3.63) is 35.4 Å². The van der Waals surface area contributed by atoms with Crippen molar-refractivity contribution in [2.75, 3.05) is 27.7 Å². The molecule has 0 radical (unpaired) electrons. The van der Waals surface area contributed by atoms with Gasteiger partial charge < -0.3 is 15.5 Å². The van der Waals surface area contributed by atoms with Crippen LogP contribution < -0.4 is 10.6 Å². The molecule has 5 heteroatoms. The number of aliphatic imine (C=N–C) groups is 1. The van der Waals surface area contributed by atoms with Gasteiger partial charge in [-0.15, -0.1) is 0 Å². The molecular weight excluding hydrogens is 312 g/mol. The molecule has 0 spiro atoms. The maximum atomic E-state index is 12.1. The van der Waals surface area contributed by atoms with Crippen molar-refractivity contribution in [2.45, 2.75) is 45.1 Å². The molecule has 1 amide bonds. The van der Waals surface area contributed by atoms with Crippen molar-refractivity contribution < 1.29 is 4.79 Å². The highest BCUT2D eigenvalue weighted by atomic mass is 16.2. The van der Waals surface area contributed by atoms with E-state index in [1.165, 1.54) is 25.7 Å². The minimum absolute atomic E-state index is 0.0406. The number of nitrogens with zero attached hydrogens (tertiary/aromatic N) is 2. The molecule has 0 aromatic heterocycles. The molecule has 2 rings (SSSR count). The van der Waals surface area contributed by atoms with Gasteiger partial charge >= 0.3 is 0 Å². The maximum Gasteiger partial charge on any atom is 0.253 e. The molecule has 0 saturated heterocycles. The normalized spacial score (nSPS) is 20.9. The van der Waals surface area contributed by atoms with Crippen molar-refractivity contribution in [2.24, 2.45) is 10.9 Å². The van der Waals surface area contributed by atoms with Crippen LogP contribution in [0.15, 0.2) is 29.3 Å². The Bertz CT molecular complexity index is 589. The first-order valence-corrected chi connectivity index (χ1v) is 9.27. The fraction of sp³-hybridized carbons (Fsp3) is 0.600. The lowest BCUT2D eigenvalue weighted by Gasteiger charge is -2.28. The molecule has 1 aromatic rings. The van der Waals surface area contributed by atoms with Crippen LogP contribution in [0.3, 0.4) is 0 Å². The van der Waals surface area contributed by atoms with E-state index in [9.17, 15) is 4.79 Å². The van der Waals surface area contributed by atoms with Crippen molar-refractivity contribution in [3.8, 4) is 0 Å². The SMILES string of the molecule is CN=C(NCCc1cccc(C(=O)N(C)C)c1)NC1CCC(C)CC1. The molecular formula is C20H32N4O. The number of rotatable bonds is 5. The smallest absolute Gasteiger partial charge is 0.253 e. The molecule has 138 valence electrons. The number of nitrogens with one attached hydrogen (secondary N) is 2. The van der Waals surface area contributed by atoms with Gasteiger partial charge in [0.15, 0.2) is 5.96 Å². The summed E-state index contributed by atoms with van der Waals surface area (Å²) in [4.78, 5) is 18.0. The standard InChI is InChI=1S/C20H32N4O/c1-15-8-10-18(11-9-15)23-20(21-2)22-13-12-16-6-5-7-17(14-16)19(25)24(3)4/h5-7,14-15,18H,8-13H2,1-4H3,(H2,21,22,23). The molecule has 1 fully saturated rings. The Morgan fingerprint density at radius 1 is 1.24 bits per heavy atom. The van der Waals surface area contributed by atoms with Crippen LogP contribution in [-0.4, -0.2) is 50.5 Å². The van der Waals surface area contributed by atoms with Crippen molar-refractivity contribution in [3.63, 3.8) is 0 Å². The average Bonchev–Trinajstić information content (AvgIpc) is 2.62. The molecule has 0 atom stereocenters. The summed E-state index contributed by atoms with van der Waals surface area (Å²) >= 11 is 0. The second kappa shape index (κ2) is 9.44. The Balaban J connectivity index is 1.81. The molecule has 0 bridgehead atoms. The summed E-state index contributed by atoms with van der Waals surface area (Å²) < 4.78 is 0. The van der Waals surface area contributed by atoms with Gasteiger partial charge in [-0.2, -0.15) is 0 Å². The summed E-state index contributed by atoms with van der Waals surface area (Å²) in [5.41, 5.74) is 1.89. The van der Waals surface area contributed by atoms with Gasteiger partial charge in [-0.25, -0.2) is 0 Å². The van der Waals surface area contributed by atoms with Crippen LogP contribution in [0.5, 0.6) is 0 Å². The molecule has 5 nitrogen and oxygen atoms in total. The summed E-state index contributed by atoms with van der Waals surface area (Å²) in [6.07, 6.45) is 5.88. The molecule has 25 heavy (non-hydrogen) atoms. The van der Waals surface area contributed by atoms with E-state index in [2.05, 4.69) is 28.6 Å². The molecule has 0 unspecified atom stereocenters. The van der Waals surface area contributed by atoms with E-state index in [0.717, 1.165) is 36.0 Å². The van der Waals surface area contributed by atoms with Gasteiger partial charge in [0, 0.05) is 39.3 Å². The van der Waals surface area contributed by atoms with Crippen molar-refractivity contribution in [1.82, 2.24) is 15.5 Å². The molecule has 1 aliphatic rings. The summed E-state index contributed by atoms with van der Waals surface area (Å²) in [5, 5.41) is 6.93. The van der Waals surface area contributed by atoms with Gasteiger partial charge in [0.2, 0.25) is 0 Å². The zero-order valence-corrected chi connectivity index (χ0v) is 16.0. The summed E-state index contributed by atoms with van der Waals surface area (Å²) in [7, 11) is 5.37. The van der Waals surface area contributed by atoms with Crippen LogP contribution in [0.2, 0.25) is 0 Å². The Labute approximate surface area is 151 Å². The third-order valence-corrected chi connectivity index (χ3v) is 4.87. The van der Waals surface area contributed by atoms with Gasteiger partial charge in [0.25, 0.3) is 5.91 Å². The highest BCUT2D eigenvalue weighted by molar-refractivity contribution is 5.94. The summed E-state index contributed by atoms with van der Waals surface area (Å²) in [5.74, 6) is 1.77. The van der Waals surface area contributed by atoms with E-state index in [0.29, 0.717) is 6.04 Å². The van der Waals surface area contributed by atoms with E-state index in [1.54, 1.807) is 19.0 Å². The quantitative estimate of drug-likeness (QED) is 0.638. The molecule has 1 aromatic carbocycles. The zero-order valence-electron chi connectivity index (χ0n) is 16.0. The predicted molar refractivity (Wildman–Crippen MR) is 104 cm³/mol. The van der Waals surface area contributed by atoms with Crippen LogP contribution >= 0.6 is 0 Å². The number of carbonyl (C=O) groups is 1. The number of benzene rings is 1. The highest BCUT2D eigenvalue weighted by Crippen LogP contribution is 2.23. The van der Waals surface area contributed by atoms with Gasteiger partial charge in [0.1, 0.15) is 0 Å². The number of amides is 1.